The largest absolute Gasteiger partial charge is 0.439 e. The Hall–Kier alpha value is -3.65. The van der Waals surface area contributed by atoms with Crippen molar-refractivity contribution < 1.29 is 9.53 Å². The number of anilines is 3. The van der Waals surface area contributed by atoms with E-state index in [-0.39, 0.29) is 24.4 Å². The molecule has 1 saturated heterocycles. The minimum atomic E-state index is -0.258. The molecule has 1 amide bonds. The average molecular weight is 423 g/mol. The molecule has 0 saturated carbocycles. The molecule has 4 rings (SSSR count). The average Bonchev–Trinajstić information content (AvgIpc) is 3.03. The van der Waals surface area contributed by atoms with E-state index < -0.39 is 0 Å². The van der Waals surface area contributed by atoms with Gasteiger partial charge in [0.25, 0.3) is 5.91 Å². The van der Waals surface area contributed by atoms with E-state index in [2.05, 4.69) is 9.97 Å². The number of amides is 1. The van der Waals surface area contributed by atoms with Gasteiger partial charge in [-0.05, 0) is 36.4 Å². The Morgan fingerprint density at radius 3 is 2.43 bits per heavy atom. The number of carbonyl (C=O) groups excluding carboxylic acids is 1. The summed E-state index contributed by atoms with van der Waals surface area (Å²) in [5.74, 6) is 1.45. The summed E-state index contributed by atoms with van der Waals surface area (Å²) in [5.41, 5.74) is 0.557. The predicted molar refractivity (Wildman–Crippen MR) is 117 cm³/mol. The van der Waals surface area contributed by atoms with Gasteiger partial charge in [-0.25, -0.2) is 4.90 Å². The maximum absolute atomic E-state index is 12.7. The molecule has 1 fully saturated rings. The van der Waals surface area contributed by atoms with E-state index in [0.717, 1.165) is 0 Å². The Morgan fingerprint density at radius 2 is 1.77 bits per heavy atom. The van der Waals surface area contributed by atoms with Gasteiger partial charge in [-0.2, -0.15) is 9.97 Å². The summed E-state index contributed by atoms with van der Waals surface area (Å²) in [7, 11) is 3.69. The van der Waals surface area contributed by atoms with Gasteiger partial charge in [0, 0.05) is 25.2 Å². The smallest absolute Gasteiger partial charge is 0.254 e. The summed E-state index contributed by atoms with van der Waals surface area (Å²) in [6.45, 7) is -0.0525. The Bertz CT molecular complexity index is 1090. The predicted octanol–water partition coefficient (Wildman–Crippen LogP) is 3.78. The molecule has 2 aromatic carbocycles. The molecule has 0 unspecified atom stereocenters. The molecule has 1 N–H and O–H groups in total. The molecule has 0 spiro atoms. The van der Waals surface area contributed by atoms with Crippen LogP contribution < -0.4 is 19.4 Å². The van der Waals surface area contributed by atoms with Crippen LogP contribution in [0.3, 0.4) is 0 Å². The minimum Gasteiger partial charge on any atom is -0.439 e. The molecule has 9 heteroatoms. The standard InChI is InChI=1S/C21H19ClN6O2/c1-26(2)17-12-18(30-16-6-4-3-5-7-16)25-21(24-17)27-13-19(29)28(20(27)23)15-10-8-14(22)9-11-15/h3-12,23H,13H2,1-2H3. The summed E-state index contributed by atoms with van der Waals surface area (Å²) in [6, 6.07) is 17.7. The third-order valence-electron chi connectivity index (χ3n) is 4.44. The highest BCUT2D eigenvalue weighted by Crippen LogP contribution is 2.29. The molecule has 0 bridgehead atoms. The number of guanidine groups is 1. The fourth-order valence-electron chi connectivity index (χ4n) is 2.95. The first-order chi connectivity index (χ1) is 14.4. The Morgan fingerprint density at radius 1 is 1.07 bits per heavy atom. The van der Waals surface area contributed by atoms with Gasteiger partial charge >= 0.3 is 0 Å². The van der Waals surface area contributed by atoms with E-state index in [1.54, 1.807) is 30.3 Å². The highest BCUT2D eigenvalue weighted by molar-refractivity contribution is 6.31. The molecule has 1 aromatic heterocycles. The van der Waals surface area contributed by atoms with Gasteiger partial charge in [-0.3, -0.25) is 15.1 Å². The van der Waals surface area contributed by atoms with Crippen molar-refractivity contribution >= 4 is 40.9 Å². The first kappa shape index (κ1) is 19.7. The molecule has 1 aliphatic rings. The zero-order valence-electron chi connectivity index (χ0n) is 16.4. The van der Waals surface area contributed by atoms with Gasteiger partial charge in [0.2, 0.25) is 17.8 Å². The Balaban J connectivity index is 1.68. The lowest BCUT2D eigenvalue weighted by molar-refractivity contribution is -0.115. The molecule has 2 heterocycles. The number of aromatic nitrogens is 2. The maximum atomic E-state index is 12.7. The minimum absolute atomic E-state index is 0.0381. The number of hydrogen-bond acceptors (Lipinski definition) is 6. The van der Waals surface area contributed by atoms with Crippen LogP contribution in [0.5, 0.6) is 11.6 Å². The van der Waals surface area contributed by atoms with Crippen LogP contribution in [0, 0.1) is 5.41 Å². The number of halogens is 1. The van der Waals surface area contributed by atoms with Gasteiger partial charge < -0.3 is 9.64 Å². The molecule has 3 aromatic rings. The van der Waals surface area contributed by atoms with Crippen molar-refractivity contribution in [3.63, 3.8) is 0 Å². The molecular weight excluding hydrogens is 404 g/mol. The van der Waals surface area contributed by atoms with Crippen molar-refractivity contribution in [3.8, 4) is 11.6 Å². The summed E-state index contributed by atoms with van der Waals surface area (Å²) in [6.07, 6.45) is 0. The number of ether oxygens (including phenoxy) is 1. The van der Waals surface area contributed by atoms with E-state index >= 15 is 0 Å². The normalized spacial score (nSPS) is 13.7. The van der Waals surface area contributed by atoms with Crippen LogP contribution in [0.4, 0.5) is 17.5 Å². The molecule has 8 nitrogen and oxygen atoms in total. The van der Waals surface area contributed by atoms with E-state index in [1.807, 2.05) is 49.3 Å². The monoisotopic (exact) mass is 422 g/mol. The van der Waals surface area contributed by atoms with Gasteiger partial charge in [-0.15, -0.1) is 0 Å². The third-order valence-corrected chi connectivity index (χ3v) is 4.69. The highest BCUT2D eigenvalue weighted by atomic mass is 35.5. The maximum Gasteiger partial charge on any atom is 0.254 e. The van der Waals surface area contributed by atoms with Gasteiger partial charge in [0.05, 0.1) is 5.69 Å². The van der Waals surface area contributed by atoms with Crippen LogP contribution in [0.1, 0.15) is 0 Å². The molecule has 152 valence electrons. The van der Waals surface area contributed by atoms with Gasteiger partial charge in [-0.1, -0.05) is 29.8 Å². The third kappa shape index (κ3) is 3.90. The number of hydrogen-bond donors (Lipinski definition) is 1. The van der Waals surface area contributed by atoms with Crippen molar-refractivity contribution in [3.05, 3.63) is 65.7 Å². The van der Waals surface area contributed by atoms with Crippen molar-refractivity contribution in [2.75, 3.05) is 35.3 Å². The van der Waals surface area contributed by atoms with Crippen molar-refractivity contribution in [2.45, 2.75) is 0 Å². The lowest BCUT2D eigenvalue weighted by atomic mass is 10.3. The summed E-state index contributed by atoms with van der Waals surface area (Å²) in [4.78, 5) is 26.2. The van der Waals surface area contributed by atoms with Crippen molar-refractivity contribution in [1.29, 1.82) is 5.41 Å². The van der Waals surface area contributed by atoms with Crippen molar-refractivity contribution in [2.24, 2.45) is 0 Å². The van der Waals surface area contributed by atoms with Crippen LogP contribution in [0.15, 0.2) is 60.7 Å². The first-order valence-corrected chi connectivity index (χ1v) is 9.54. The fourth-order valence-corrected chi connectivity index (χ4v) is 3.08. The number of nitrogens with one attached hydrogen (secondary N) is 1. The van der Waals surface area contributed by atoms with E-state index in [9.17, 15) is 4.79 Å². The number of carbonyl (C=O) groups is 1. The lowest BCUT2D eigenvalue weighted by Gasteiger charge is -2.21. The number of benzene rings is 2. The van der Waals surface area contributed by atoms with Crippen LogP contribution in [0.2, 0.25) is 5.02 Å². The van der Waals surface area contributed by atoms with E-state index in [0.29, 0.717) is 28.2 Å². The SMILES string of the molecule is CN(C)c1cc(Oc2ccccc2)nc(N2CC(=O)N(c3ccc(Cl)cc3)C2=N)n1. The zero-order valence-corrected chi connectivity index (χ0v) is 17.2. The summed E-state index contributed by atoms with van der Waals surface area (Å²) < 4.78 is 5.87. The number of para-hydroxylation sites is 1. The molecule has 0 radical (unpaired) electrons. The molecule has 0 atom stereocenters. The van der Waals surface area contributed by atoms with E-state index in [4.69, 9.17) is 21.7 Å². The quantitative estimate of drug-likeness (QED) is 0.673. The number of nitrogens with zero attached hydrogens (tertiary/aromatic N) is 5. The van der Waals surface area contributed by atoms with Crippen LogP contribution in [0.25, 0.3) is 0 Å². The van der Waals surface area contributed by atoms with Gasteiger partial charge in [0.15, 0.2) is 0 Å². The second-order valence-corrected chi connectivity index (χ2v) is 7.23. The molecule has 1 aliphatic heterocycles. The highest BCUT2D eigenvalue weighted by Gasteiger charge is 2.37. The molecule has 0 aliphatic carbocycles. The molecule has 30 heavy (non-hydrogen) atoms. The fraction of sp³-hybridized carbons (Fsp3) is 0.143. The summed E-state index contributed by atoms with van der Waals surface area (Å²) >= 11 is 5.94. The van der Waals surface area contributed by atoms with Crippen LogP contribution >= 0.6 is 11.6 Å². The topological polar surface area (TPSA) is 85.7 Å². The van der Waals surface area contributed by atoms with E-state index in [1.165, 1.54) is 9.80 Å². The Kier molecular flexibility index (Phi) is 5.24. The van der Waals surface area contributed by atoms with Gasteiger partial charge in [0.1, 0.15) is 18.1 Å². The second-order valence-electron chi connectivity index (χ2n) is 6.79. The molecular formula is C21H19ClN6O2. The first-order valence-electron chi connectivity index (χ1n) is 9.16. The lowest BCUT2D eigenvalue weighted by Crippen LogP contribution is -2.34. The number of rotatable bonds is 5. The van der Waals surface area contributed by atoms with Crippen LogP contribution in [-0.4, -0.2) is 42.5 Å². The zero-order chi connectivity index (χ0) is 21.3. The van der Waals surface area contributed by atoms with Crippen LogP contribution in [-0.2, 0) is 4.79 Å². The summed E-state index contributed by atoms with van der Waals surface area (Å²) in [5, 5.41) is 9.11. The Labute approximate surface area is 178 Å². The second kappa shape index (κ2) is 8.00. The van der Waals surface area contributed by atoms with Crippen molar-refractivity contribution in [1.82, 2.24) is 9.97 Å².